The maximum Gasteiger partial charge on any atom is 0.273 e. The topological polar surface area (TPSA) is 145 Å². The van der Waals surface area contributed by atoms with E-state index in [4.69, 9.17) is 15.9 Å². The van der Waals surface area contributed by atoms with Gasteiger partial charge in [0.25, 0.3) is 17.7 Å². The van der Waals surface area contributed by atoms with Gasteiger partial charge in [0, 0.05) is 11.9 Å². The second-order valence-corrected chi connectivity index (χ2v) is 9.48. The number of amides is 3. The first kappa shape index (κ1) is 24.9. The highest BCUT2D eigenvalue weighted by atomic mass is 32.1. The summed E-state index contributed by atoms with van der Waals surface area (Å²) in [5, 5.41) is 4.56. The summed E-state index contributed by atoms with van der Waals surface area (Å²) < 4.78 is 9.63. The largest absolute Gasteiger partial charge is 0.467 e. The first-order valence-corrected chi connectivity index (χ1v) is 12.2. The van der Waals surface area contributed by atoms with Crippen molar-refractivity contribution in [1.29, 1.82) is 0 Å². The van der Waals surface area contributed by atoms with Crippen molar-refractivity contribution in [2.75, 3.05) is 17.2 Å². The molecule has 0 saturated carbocycles. The van der Waals surface area contributed by atoms with Crippen LogP contribution in [0.25, 0.3) is 10.8 Å². The summed E-state index contributed by atoms with van der Waals surface area (Å²) in [5.74, 6) is -1.20. The molecule has 5 N–H and O–H groups in total. The van der Waals surface area contributed by atoms with Gasteiger partial charge < -0.3 is 21.2 Å². The fraction of sp³-hybridized carbons (Fsp3) is 0.231. The quantitative estimate of drug-likeness (QED) is 0.312. The van der Waals surface area contributed by atoms with Gasteiger partial charge in [-0.15, -0.1) is 0 Å². The van der Waals surface area contributed by atoms with E-state index < -0.39 is 23.8 Å². The number of primary amides is 1. The number of anilines is 2. The molecule has 0 aliphatic carbocycles. The van der Waals surface area contributed by atoms with Crippen LogP contribution in [0.5, 0.6) is 0 Å². The van der Waals surface area contributed by atoms with E-state index in [1.54, 1.807) is 24.3 Å². The molecule has 186 valence electrons. The van der Waals surface area contributed by atoms with E-state index >= 15 is 0 Å². The van der Waals surface area contributed by atoms with Crippen LogP contribution in [0.1, 0.15) is 52.2 Å². The molecular weight excluding hydrogens is 478 g/mol. The highest BCUT2D eigenvalue weighted by Gasteiger charge is 2.38. The van der Waals surface area contributed by atoms with Crippen LogP contribution in [0.3, 0.4) is 0 Å². The van der Waals surface area contributed by atoms with Crippen LogP contribution in [0.2, 0.25) is 0 Å². The Morgan fingerprint density at radius 3 is 2.50 bits per heavy atom. The number of nitrogens with one attached hydrogen (secondary N) is 1. The summed E-state index contributed by atoms with van der Waals surface area (Å²) >= 11 is 0.760. The number of furan rings is 1. The molecule has 36 heavy (non-hydrogen) atoms. The van der Waals surface area contributed by atoms with Gasteiger partial charge in [-0.05, 0) is 47.5 Å². The Kier molecular flexibility index (Phi) is 7.35. The zero-order valence-corrected chi connectivity index (χ0v) is 20.7. The Hall–Kier alpha value is -4.18. The third kappa shape index (κ3) is 4.94. The summed E-state index contributed by atoms with van der Waals surface area (Å²) in [5.41, 5.74) is 11.7. The maximum atomic E-state index is 14.1. The molecule has 0 spiro atoms. The molecule has 0 fully saturated rings. The minimum Gasteiger partial charge on any atom is -0.467 e. The van der Waals surface area contributed by atoms with Crippen molar-refractivity contribution in [3.05, 3.63) is 77.2 Å². The Morgan fingerprint density at radius 2 is 1.83 bits per heavy atom. The summed E-state index contributed by atoms with van der Waals surface area (Å²) in [7, 11) is 0. The van der Waals surface area contributed by atoms with Gasteiger partial charge in [0.2, 0.25) is 0 Å². The molecule has 0 bridgehead atoms. The fourth-order valence-electron chi connectivity index (χ4n) is 3.92. The van der Waals surface area contributed by atoms with E-state index in [1.165, 1.54) is 11.2 Å². The van der Waals surface area contributed by atoms with Gasteiger partial charge in [0.15, 0.2) is 11.7 Å². The summed E-state index contributed by atoms with van der Waals surface area (Å²) in [4.78, 5) is 40.8. The van der Waals surface area contributed by atoms with Crippen LogP contribution in [-0.2, 0) is 4.79 Å². The van der Waals surface area contributed by atoms with E-state index in [-0.39, 0.29) is 22.0 Å². The van der Waals surface area contributed by atoms with Gasteiger partial charge in [-0.25, -0.2) is 0 Å². The second-order valence-electron chi connectivity index (χ2n) is 8.70. The van der Waals surface area contributed by atoms with Gasteiger partial charge >= 0.3 is 0 Å². The molecule has 1 atom stereocenters. The van der Waals surface area contributed by atoms with Crippen molar-refractivity contribution in [2.24, 2.45) is 11.7 Å². The number of hydrogen-bond acceptors (Lipinski definition) is 7. The lowest BCUT2D eigenvalue weighted by molar-refractivity contribution is -0.122. The van der Waals surface area contributed by atoms with Crippen LogP contribution in [0.4, 0.5) is 11.4 Å². The van der Waals surface area contributed by atoms with Crippen molar-refractivity contribution in [3.8, 4) is 0 Å². The Labute approximate surface area is 212 Å². The zero-order chi connectivity index (χ0) is 25.8. The molecule has 4 rings (SSSR count). The van der Waals surface area contributed by atoms with Crippen molar-refractivity contribution >= 4 is 51.4 Å². The van der Waals surface area contributed by atoms with Crippen LogP contribution >= 0.6 is 11.5 Å². The molecule has 0 aliphatic heterocycles. The first-order chi connectivity index (χ1) is 17.3. The van der Waals surface area contributed by atoms with Gasteiger partial charge in [0.05, 0.1) is 17.6 Å². The van der Waals surface area contributed by atoms with Crippen LogP contribution in [0, 0.1) is 5.92 Å². The minimum atomic E-state index is -1.15. The number of benzene rings is 2. The summed E-state index contributed by atoms with van der Waals surface area (Å²) in [6.45, 7) is 4.55. The van der Waals surface area contributed by atoms with E-state index in [0.717, 1.165) is 28.7 Å². The number of rotatable bonds is 9. The molecule has 10 heteroatoms. The molecule has 0 radical (unpaired) electrons. The lowest BCUT2D eigenvalue weighted by Crippen LogP contribution is -2.44. The van der Waals surface area contributed by atoms with E-state index in [9.17, 15) is 14.4 Å². The number of nitrogens with two attached hydrogens (primary N) is 2. The molecule has 2 aromatic carbocycles. The monoisotopic (exact) mass is 505 g/mol. The molecule has 2 aromatic heterocycles. The predicted molar refractivity (Wildman–Crippen MR) is 140 cm³/mol. The third-order valence-electron chi connectivity index (χ3n) is 5.74. The number of fused-ring (bicyclic) bond motifs is 1. The van der Waals surface area contributed by atoms with E-state index in [1.807, 2.05) is 30.3 Å². The maximum absolute atomic E-state index is 14.1. The number of nitrogens with zero attached hydrogens (tertiary/aromatic N) is 2. The lowest BCUT2D eigenvalue weighted by atomic mass is 10.0. The lowest BCUT2D eigenvalue weighted by Gasteiger charge is -2.30. The van der Waals surface area contributed by atoms with Crippen molar-refractivity contribution < 1.29 is 18.8 Å². The first-order valence-electron chi connectivity index (χ1n) is 11.5. The Balaban J connectivity index is 1.89. The predicted octanol–water partition coefficient (Wildman–Crippen LogP) is 4.12. The van der Waals surface area contributed by atoms with Crippen LogP contribution in [-0.4, -0.2) is 28.6 Å². The van der Waals surface area contributed by atoms with Gasteiger partial charge in [-0.2, -0.15) is 4.37 Å². The summed E-state index contributed by atoms with van der Waals surface area (Å²) in [6.07, 6.45) is 2.21. The molecule has 4 aromatic rings. The summed E-state index contributed by atoms with van der Waals surface area (Å²) in [6, 6.07) is 15.1. The SMILES string of the molecule is CC(C)CCNC(=O)[C@@H](c1ccco1)N(C(=O)c1snc(C(N)=O)c1N)c1cccc2ccccc12. The Bertz CT molecular complexity index is 1390. The molecular formula is C26H27N5O4S. The van der Waals surface area contributed by atoms with Gasteiger partial charge in [-0.3, -0.25) is 19.3 Å². The second kappa shape index (κ2) is 10.6. The highest BCUT2D eigenvalue weighted by Crippen LogP contribution is 2.37. The number of carbonyl (C=O) groups is 3. The smallest absolute Gasteiger partial charge is 0.273 e. The minimum absolute atomic E-state index is 0.00303. The zero-order valence-electron chi connectivity index (χ0n) is 19.9. The standard InChI is InChI=1S/C26H27N5O4S/c1-15(2)12-13-29-25(33)22(19-11-6-14-35-19)31(18-10-5-8-16-7-3-4-9-17(16)18)26(34)23-20(27)21(24(28)32)30-36-23/h3-11,14-15,22H,12-13,27H2,1-2H3,(H2,28,32)(H,29,33)/t22-/m1/s1. The molecule has 0 aliphatic rings. The van der Waals surface area contributed by atoms with Crippen molar-refractivity contribution in [2.45, 2.75) is 26.3 Å². The molecule has 0 unspecified atom stereocenters. The highest BCUT2D eigenvalue weighted by molar-refractivity contribution is 7.09. The average molecular weight is 506 g/mol. The molecule has 9 nitrogen and oxygen atoms in total. The number of nitrogen functional groups attached to an aromatic ring is 1. The van der Waals surface area contributed by atoms with Crippen LogP contribution in [0.15, 0.2) is 65.3 Å². The number of aromatic nitrogens is 1. The van der Waals surface area contributed by atoms with E-state index in [0.29, 0.717) is 18.2 Å². The fourth-order valence-corrected chi connectivity index (χ4v) is 4.67. The molecule has 2 heterocycles. The van der Waals surface area contributed by atoms with Crippen molar-refractivity contribution in [3.63, 3.8) is 0 Å². The molecule has 0 saturated heterocycles. The normalized spacial score (nSPS) is 12.0. The average Bonchev–Trinajstić information content (AvgIpc) is 3.51. The van der Waals surface area contributed by atoms with Crippen LogP contribution < -0.4 is 21.7 Å². The van der Waals surface area contributed by atoms with E-state index in [2.05, 4.69) is 23.5 Å². The van der Waals surface area contributed by atoms with Crippen molar-refractivity contribution in [1.82, 2.24) is 9.69 Å². The number of hydrogen-bond donors (Lipinski definition) is 3. The molecule has 3 amide bonds. The van der Waals surface area contributed by atoms with Gasteiger partial charge in [-0.1, -0.05) is 50.2 Å². The van der Waals surface area contributed by atoms with Gasteiger partial charge in [0.1, 0.15) is 10.6 Å². The number of carbonyl (C=O) groups excluding carboxylic acids is 3. The Morgan fingerprint density at radius 1 is 1.08 bits per heavy atom. The third-order valence-corrected chi connectivity index (χ3v) is 6.59.